The third-order valence-electron chi connectivity index (χ3n) is 13.7. The zero-order chi connectivity index (χ0) is 35.6. The number of hydrogen-bond acceptors (Lipinski definition) is 1. The molecule has 1 nitrogen and oxygen atoms in total. The van der Waals surface area contributed by atoms with Gasteiger partial charge in [0, 0.05) is 10.8 Å². The summed E-state index contributed by atoms with van der Waals surface area (Å²) >= 11 is 0. The third-order valence-corrected chi connectivity index (χ3v) is 13.7. The Morgan fingerprint density at radius 2 is 1.09 bits per heavy atom. The van der Waals surface area contributed by atoms with Crippen LogP contribution in [0.3, 0.4) is 0 Å². The van der Waals surface area contributed by atoms with Gasteiger partial charge in [0.1, 0.15) is 11.2 Å². The molecule has 1 fully saturated rings. The van der Waals surface area contributed by atoms with Gasteiger partial charge in [0.05, 0.1) is 5.41 Å². The van der Waals surface area contributed by atoms with Gasteiger partial charge in [-0.05, 0) is 136 Å². The van der Waals surface area contributed by atoms with Gasteiger partial charge in [-0.3, -0.25) is 0 Å². The standard InChI is InChI=1S/C54H32O/c1-2-11-34-33(10-1)36-15-7-16-37-35(24-25-39(34)50(36)37)38-17-9-21-49-53(38)43-29-30(23-27-48(43)55-49)32-14-8-20-46-51(32)40-12-3-5-18-44(40)54(46)45-19-6-4-13-41(45)52-42-28-31(42)22-26-47(52)54/h1-27,29,31,42H,28H2. The number of allylic oxidation sites excluding steroid dienone is 4. The molecule has 3 atom stereocenters. The van der Waals surface area contributed by atoms with Crippen molar-refractivity contribution in [3.05, 3.63) is 198 Å². The molecule has 14 rings (SSSR count). The predicted octanol–water partition coefficient (Wildman–Crippen LogP) is 14.0. The second kappa shape index (κ2) is 9.88. The molecule has 55 heavy (non-hydrogen) atoms. The lowest BCUT2D eigenvalue weighted by atomic mass is 9.69. The smallest absolute Gasteiger partial charge is 0.136 e. The first-order valence-electron chi connectivity index (χ1n) is 19.7. The van der Waals surface area contributed by atoms with Crippen molar-refractivity contribution in [2.45, 2.75) is 11.8 Å². The lowest BCUT2D eigenvalue weighted by Crippen LogP contribution is -2.27. The minimum absolute atomic E-state index is 0.313. The minimum Gasteiger partial charge on any atom is -0.456 e. The summed E-state index contributed by atoms with van der Waals surface area (Å²) in [6, 6.07) is 59.2. The molecule has 8 aromatic carbocycles. The summed E-state index contributed by atoms with van der Waals surface area (Å²) in [5.74, 6) is 1.33. The average molecular weight is 697 g/mol. The minimum atomic E-state index is -0.313. The summed E-state index contributed by atoms with van der Waals surface area (Å²) in [6.07, 6.45) is 6.26. The summed E-state index contributed by atoms with van der Waals surface area (Å²) in [5, 5.41) is 4.95. The van der Waals surface area contributed by atoms with Crippen LogP contribution in [0.2, 0.25) is 0 Å². The van der Waals surface area contributed by atoms with Crippen molar-refractivity contribution in [2.75, 3.05) is 0 Å². The Balaban J connectivity index is 1.01. The molecule has 5 aliphatic carbocycles. The second-order valence-corrected chi connectivity index (χ2v) is 16.2. The summed E-state index contributed by atoms with van der Waals surface area (Å²) in [5.41, 5.74) is 23.2. The maximum Gasteiger partial charge on any atom is 0.136 e. The van der Waals surface area contributed by atoms with Gasteiger partial charge in [0.2, 0.25) is 0 Å². The van der Waals surface area contributed by atoms with E-state index in [2.05, 4.69) is 170 Å². The molecule has 0 radical (unpaired) electrons. The zero-order valence-corrected chi connectivity index (χ0v) is 29.9. The van der Waals surface area contributed by atoms with E-state index < -0.39 is 0 Å². The highest BCUT2D eigenvalue weighted by Gasteiger charge is 2.57. The molecule has 1 heterocycles. The van der Waals surface area contributed by atoms with Crippen molar-refractivity contribution in [2.24, 2.45) is 11.8 Å². The van der Waals surface area contributed by atoms with Gasteiger partial charge in [0.25, 0.3) is 0 Å². The highest BCUT2D eigenvalue weighted by atomic mass is 16.3. The summed E-state index contributed by atoms with van der Waals surface area (Å²) in [6.45, 7) is 0. The Morgan fingerprint density at radius 1 is 0.455 bits per heavy atom. The van der Waals surface area contributed by atoms with E-state index in [9.17, 15) is 0 Å². The van der Waals surface area contributed by atoms with E-state index in [4.69, 9.17) is 4.42 Å². The number of rotatable bonds is 2. The largest absolute Gasteiger partial charge is 0.456 e. The van der Waals surface area contributed by atoms with E-state index in [1.807, 2.05) is 0 Å². The topological polar surface area (TPSA) is 13.1 Å². The van der Waals surface area contributed by atoms with Crippen LogP contribution in [0.1, 0.15) is 28.7 Å². The van der Waals surface area contributed by atoms with Crippen LogP contribution in [0.5, 0.6) is 0 Å². The first kappa shape index (κ1) is 28.8. The van der Waals surface area contributed by atoms with E-state index in [-0.39, 0.29) is 5.41 Å². The molecule has 9 aromatic rings. The van der Waals surface area contributed by atoms with Crippen molar-refractivity contribution in [3.8, 4) is 55.6 Å². The van der Waals surface area contributed by atoms with Gasteiger partial charge < -0.3 is 4.42 Å². The highest BCUT2D eigenvalue weighted by molar-refractivity contribution is 6.22. The Bertz CT molecular complexity index is 3280. The van der Waals surface area contributed by atoms with E-state index in [0.717, 1.165) is 16.6 Å². The van der Waals surface area contributed by atoms with E-state index >= 15 is 0 Å². The summed E-state index contributed by atoms with van der Waals surface area (Å²) in [7, 11) is 0. The first-order chi connectivity index (χ1) is 27.3. The first-order valence-corrected chi connectivity index (χ1v) is 19.7. The number of fused-ring (bicyclic) bond motifs is 17. The molecule has 0 bridgehead atoms. The molecule has 5 aliphatic rings. The number of hydrogen-bond donors (Lipinski definition) is 0. The van der Waals surface area contributed by atoms with Crippen LogP contribution in [0, 0.1) is 11.8 Å². The van der Waals surface area contributed by atoms with E-state index in [1.165, 1.54) is 106 Å². The molecule has 1 aromatic heterocycles. The number of benzene rings is 8. The van der Waals surface area contributed by atoms with Gasteiger partial charge in [-0.15, -0.1) is 0 Å². The molecule has 1 heteroatoms. The number of furan rings is 1. The van der Waals surface area contributed by atoms with Gasteiger partial charge in [-0.25, -0.2) is 0 Å². The average Bonchev–Trinajstić information content (AvgIpc) is 3.55. The van der Waals surface area contributed by atoms with Gasteiger partial charge in [-0.2, -0.15) is 0 Å². The Labute approximate surface area is 318 Å². The molecular formula is C54H32O. The lowest BCUT2D eigenvalue weighted by molar-refractivity contribution is 0.669. The molecule has 0 aliphatic heterocycles. The van der Waals surface area contributed by atoms with Gasteiger partial charge >= 0.3 is 0 Å². The fourth-order valence-electron chi connectivity index (χ4n) is 11.5. The van der Waals surface area contributed by atoms with Crippen LogP contribution in [0.25, 0.3) is 93.9 Å². The van der Waals surface area contributed by atoms with Crippen molar-refractivity contribution in [3.63, 3.8) is 0 Å². The maximum atomic E-state index is 6.65. The molecule has 0 amide bonds. The van der Waals surface area contributed by atoms with Crippen molar-refractivity contribution >= 4 is 38.3 Å². The summed E-state index contributed by atoms with van der Waals surface area (Å²) in [4.78, 5) is 0. The quantitative estimate of drug-likeness (QED) is 0.175. The predicted molar refractivity (Wildman–Crippen MR) is 226 cm³/mol. The van der Waals surface area contributed by atoms with Crippen LogP contribution in [0.4, 0.5) is 0 Å². The van der Waals surface area contributed by atoms with Crippen molar-refractivity contribution in [1.29, 1.82) is 0 Å². The molecule has 3 unspecified atom stereocenters. The Kier molecular flexibility index (Phi) is 5.17. The molecule has 0 saturated heterocycles. The van der Waals surface area contributed by atoms with E-state index in [1.54, 1.807) is 5.57 Å². The maximum absolute atomic E-state index is 6.65. The Morgan fingerprint density at radius 3 is 1.95 bits per heavy atom. The zero-order valence-electron chi connectivity index (χ0n) is 29.9. The van der Waals surface area contributed by atoms with Crippen LogP contribution in [-0.2, 0) is 5.41 Å². The van der Waals surface area contributed by atoms with Crippen LogP contribution in [0.15, 0.2) is 180 Å². The molecule has 254 valence electrons. The summed E-state index contributed by atoms with van der Waals surface area (Å²) < 4.78 is 6.65. The normalized spacial score (nSPS) is 20.2. The van der Waals surface area contributed by atoms with Crippen LogP contribution in [-0.4, -0.2) is 0 Å². The van der Waals surface area contributed by atoms with Gasteiger partial charge in [0.15, 0.2) is 0 Å². The molecular weight excluding hydrogens is 665 g/mol. The monoisotopic (exact) mass is 696 g/mol. The third kappa shape index (κ3) is 3.39. The molecule has 0 N–H and O–H groups in total. The van der Waals surface area contributed by atoms with Gasteiger partial charge in [-0.1, -0.05) is 152 Å². The van der Waals surface area contributed by atoms with Crippen LogP contribution < -0.4 is 0 Å². The lowest BCUT2D eigenvalue weighted by Gasteiger charge is -2.32. The fourth-order valence-corrected chi connectivity index (χ4v) is 11.5. The fraction of sp³-hybridized carbons (Fsp3) is 0.0741. The van der Waals surface area contributed by atoms with E-state index in [0.29, 0.717) is 11.8 Å². The van der Waals surface area contributed by atoms with Crippen molar-refractivity contribution < 1.29 is 4.42 Å². The highest BCUT2D eigenvalue weighted by Crippen LogP contribution is 2.68. The SMILES string of the molecule is C1=CC2CC2C2=C1C1(c3ccccc32)c2ccccc2-c2c(-c3ccc4oc5cccc(-c6ccc7c8c(cccc68)-c6ccccc6-7)c5c4c3)cccc21. The van der Waals surface area contributed by atoms with Crippen LogP contribution >= 0.6 is 0 Å². The second-order valence-electron chi connectivity index (χ2n) is 16.2. The molecule has 1 spiro atoms. The molecule has 1 saturated carbocycles. The van der Waals surface area contributed by atoms with Crippen molar-refractivity contribution in [1.82, 2.24) is 0 Å². The Hall–Kier alpha value is -6.70.